The first-order valence-corrected chi connectivity index (χ1v) is 3.95. The van der Waals surface area contributed by atoms with Gasteiger partial charge in [0.1, 0.15) is 0 Å². The van der Waals surface area contributed by atoms with Gasteiger partial charge in [0.05, 0.1) is 0 Å². The molecule has 0 bridgehead atoms. The van der Waals surface area contributed by atoms with Crippen molar-refractivity contribution >= 4 is 0 Å². The second-order valence-corrected chi connectivity index (χ2v) is 4.08. The Labute approximate surface area is 68.6 Å². The summed E-state index contributed by atoms with van der Waals surface area (Å²) in [6.07, 6.45) is 7.13. The number of hydrogen-bond acceptors (Lipinski definition) is 0. The van der Waals surface area contributed by atoms with E-state index in [0.29, 0.717) is 5.41 Å². The summed E-state index contributed by atoms with van der Waals surface area (Å²) in [6.45, 7) is 6.72. The van der Waals surface area contributed by atoms with Crippen molar-refractivity contribution in [2.24, 2.45) is 5.41 Å². The van der Waals surface area contributed by atoms with Crippen molar-refractivity contribution in [2.75, 3.05) is 0 Å². The van der Waals surface area contributed by atoms with Crippen LogP contribution in [0.1, 0.15) is 27.2 Å². The van der Waals surface area contributed by atoms with Crippen LogP contribution in [0.3, 0.4) is 0 Å². The van der Waals surface area contributed by atoms with E-state index in [-0.39, 0.29) is 0 Å². The maximum atomic E-state index is 2.96. The summed E-state index contributed by atoms with van der Waals surface area (Å²) in [5, 5.41) is 0. The third kappa shape index (κ3) is 3.09. The smallest absolute Gasteiger partial charge is 0.00828 e. The Morgan fingerprint density at radius 1 is 1.27 bits per heavy atom. The summed E-state index contributed by atoms with van der Waals surface area (Å²) >= 11 is 0. The van der Waals surface area contributed by atoms with Gasteiger partial charge in [0.25, 0.3) is 0 Å². The molecule has 0 aromatic carbocycles. The molecule has 1 aliphatic carbocycles. The molecule has 0 aliphatic heterocycles. The first-order valence-electron chi connectivity index (χ1n) is 3.95. The van der Waals surface area contributed by atoms with Gasteiger partial charge in [-0.1, -0.05) is 32.2 Å². The Morgan fingerprint density at radius 2 is 2.00 bits per heavy atom. The van der Waals surface area contributed by atoms with E-state index in [2.05, 4.69) is 38.3 Å². The standard InChI is InChI=1S/C11H14/c1-11(2,3)9-10-7-5-4-6-8-10/h5,7-8H,9H2,1-3H3. The van der Waals surface area contributed by atoms with Crippen molar-refractivity contribution in [3.8, 4) is 0 Å². The summed E-state index contributed by atoms with van der Waals surface area (Å²) in [5.41, 5.74) is 7.57. The van der Waals surface area contributed by atoms with Gasteiger partial charge in [-0.25, -0.2) is 0 Å². The van der Waals surface area contributed by atoms with Gasteiger partial charge in [-0.2, -0.15) is 0 Å². The average molecular weight is 146 g/mol. The Hall–Kier alpha value is -0.960. The molecule has 0 aromatic rings. The van der Waals surface area contributed by atoms with E-state index in [9.17, 15) is 0 Å². The van der Waals surface area contributed by atoms with Gasteiger partial charge in [-0.15, -0.1) is 0 Å². The van der Waals surface area contributed by atoms with Crippen LogP contribution in [0.15, 0.2) is 35.3 Å². The minimum Gasteiger partial charge on any atom is -0.0702 e. The Kier molecular flexibility index (Phi) is 2.19. The maximum Gasteiger partial charge on any atom is -0.00828 e. The summed E-state index contributed by atoms with van der Waals surface area (Å²) in [5.74, 6) is 0. The third-order valence-corrected chi connectivity index (χ3v) is 1.46. The fourth-order valence-electron chi connectivity index (χ4n) is 1.10. The summed E-state index contributed by atoms with van der Waals surface area (Å²) in [6, 6.07) is 0. The van der Waals surface area contributed by atoms with Crippen molar-refractivity contribution in [2.45, 2.75) is 27.2 Å². The van der Waals surface area contributed by atoms with Crippen LogP contribution in [0.2, 0.25) is 0 Å². The van der Waals surface area contributed by atoms with Crippen LogP contribution in [0.25, 0.3) is 0 Å². The second-order valence-electron chi connectivity index (χ2n) is 4.08. The quantitative estimate of drug-likeness (QED) is 0.498. The maximum absolute atomic E-state index is 2.96. The molecule has 0 atom stereocenters. The van der Waals surface area contributed by atoms with E-state index in [1.54, 1.807) is 0 Å². The molecule has 0 aromatic heterocycles. The van der Waals surface area contributed by atoms with Crippen molar-refractivity contribution in [3.63, 3.8) is 0 Å². The van der Waals surface area contributed by atoms with E-state index < -0.39 is 0 Å². The minimum absolute atomic E-state index is 0.370. The lowest BCUT2D eigenvalue weighted by atomic mass is 9.87. The van der Waals surface area contributed by atoms with Crippen LogP contribution in [0, 0.1) is 5.41 Å². The molecule has 1 rings (SSSR count). The SMILES string of the molecule is CC(C)(C)CC1=CC=C=C=C1. The van der Waals surface area contributed by atoms with Gasteiger partial charge in [0.2, 0.25) is 0 Å². The molecule has 0 N–H and O–H groups in total. The van der Waals surface area contributed by atoms with E-state index in [4.69, 9.17) is 0 Å². The van der Waals surface area contributed by atoms with Gasteiger partial charge < -0.3 is 0 Å². The van der Waals surface area contributed by atoms with Gasteiger partial charge in [0, 0.05) is 0 Å². The molecule has 11 heavy (non-hydrogen) atoms. The molecular formula is C11H14. The molecule has 0 fully saturated rings. The molecule has 0 nitrogen and oxygen atoms in total. The monoisotopic (exact) mass is 146 g/mol. The fraction of sp³-hybridized carbons (Fsp3) is 0.455. The first kappa shape index (κ1) is 8.14. The molecule has 0 amide bonds. The zero-order chi connectivity index (χ0) is 8.32. The predicted molar refractivity (Wildman–Crippen MR) is 48.3 cm³/mol. The Balaban J connectivity index is 2.61. The van der Waals surface area contributed by atoms with Crippen molar-refractivity contribution < 1.29 is 0 Å². The minimum atomic E-state index is 0.370. The summed E-state index contributed by atoms with van der Waals surface area (Å²) in [7, 11) is 0. The molecule has 0 radical (unpaired) electrons. The first-order chi connectivity index (χ1) is 5.08. The van der Waals surface area contributed by atoms with E-state index in [0.717, 1.165) is 6.42 Å². The van der Waals surface area contributed by atoms with Crippen molar-refractivity contribution in [1.82, 2.24) is 0 Å². The highest BCUT2D eigenvalue weighted by molar-refractivity contribution is 5.27. The van der Waals surface area contributed by atoms with Crippen LogP contribution in [-0.4, -0.2) is 0 Å². The molecule has 0 unspecified atom stereocenters. The highest BCUT2D eigenvalue weighted by atomic mass is 14.2. The lowest BCUT2D eigenvalue weighted by molar-refractivity contribution is 0.413. The van der Waals surface area contributed by atoms with Gasteiger partial charge in [0.15, 0.2) is 0 Å². The number of allylic oxidation sites excluding steroid dienone is 4. The second kappa shape index (κ2) is 2.96. The number of hydrogen-bond donors (Lipinski definition) is 0. The third-order valence-electron chi connectivity index (χ3n) is 1.46. The summed E-state index contributed by atoms with van der Waals surface area (Å²) < 4.78 is 0. The predicted octanol–water partition coefficient (Wildman–Crippen LogP) is 3.23. The summed E-state index contributed by atoms with van der Waals surface area (Å²) in [4.78, 5) is 0. The van der Waals surface area contributed by atoms with Crippen molar-refractivity contribution in [1.29, 1.82) is 0 Å². The van der Waals surface area contributed by atoms with E-state index >= 15 is 0 Å². The lowest BCUT2D eigenvalue weighted by Crippen LogP contribution is -2.05. The van der Waals surface area contributed by atoms with Crippen LogP contribution >= 0.6 is 0 Å². The van der Waals surface area contributed by atoms with Gasteiger partial charge >= 0.3 is 0 Å². The zero-order valence-electron chi connectivity index (χ0n) is 7.44. The molecule has 0 saturated carbocycles. The van der Waals surface area contributed by atoms with Gasteiger partial charge in [-0.3, -0.25) is 0 Å². The van der Waals surface area contributed by atoms with E-state index in [1.165, 1.54) is 5.57 Å². The molecule has 0 heterocycles. The molecule has 1 aliphatic rings. The zero-order valence-corrected chi connectivity index (χ0v) is 7.44. The average Bonchev–Trinajstić information content (AvgIpc) is 1.85. The van der Waals surface area contributed by atoms with Crippen LogP contribution < -0.4 is 0 Å². The molecule has 58 valence electrons. The topological polar surface area (TPSA) is 0 Å². The Bertz CT molecular complexity index is 259. The van der Waals surface area contributed by atoms with Crippen LogP contribution in [0.5, 0.6) is 0 Å². The Morgan fingerprint density at radius 3 is 2.45 bits per heavy atom. The molecular weight excluding hydrogens is 132 g/mol. The lowest BCUT2D eigenvalue weighted by Gasteiger charge is -2.18. The molecule has 0 saturated heterocycles. The van der Waals surface area contributed by atoms with Crippen LogP contribution in [0.4, 0.5) is 0 Å². The van der Waals surface area contributed by atoms with Crippen LogP contribution in [-0.2, 0) is 0 Å². The fourth-order valence-corrected chi connectivity index (χ4v) is 1.10. The highest BCUT2D eigenvalue weighted by Crippen LogP contribution is 2.24. The number of rotatable bonds is 1. The van der Waals surface area contributed by atoms with Gasteiger partial charge in [-0.05, 0) is 35.6 Å². The largest absolute Gasteiger partial charge is 0.0702 e. The van der Waals surface area contributed by atoms with Crippen molar-refractivity contribution in [3.05, 3.63) is 35.3 Å². The normalized spacial score (nSPS) is 15.4. The highest BCUT2D eigenvalue weighted by Gasteiger charge is 2.11. The van der Waals surface area contributed by atoms with E-state index in [1.807, 2.05) is 12.2 Å². The molecule has 0 spiro atoms. The molecule has 0 heteroatoms.